The normalized spacial score (nSPS) is 26.1. The Bertz CT molecular complexity index is 890. The van der Waals surface area contributed by atoms with Crippen molar-refractivity contribution < 1.29 is 14.3 Å². The number of allylic oxidation sites excluding steroid dienone is 1. The number of benzene rings is 1. The van der Waals surface area contributed by atoms with Crippen molar-refractivity contribution in [2.24, 2.45) is 23.7 Å². The Morgan fingerprint density at radius 1 is 1.25 bits per heavy atom. The number of H-pyrrole nitrogens is 1. The fourth-order valence-corrected chi connectivity index (χ4v) is 4.48. The molecule has 1 fully saturated rings. The van der Waals surface area contributed by atoms with Gasteiger partial charge in [0.25, 0.3) is 5.91 Å². The maximum Gasteiger partial charge on any atom is 0.309 e. The first-order valence-electron chi connectivity index (χ1n) is 9.82. The van der Waals surface area contributed by atoms with Crippen LogP contribution in [-0.4, -0.2) is 46.7 Å². The second-order valence-corrected chi connectivity index (χ2v) is 7.63. The molecule has 6 nitrogen and oxygen atoms in total. The van der Waals surface area contributed by atoms with E-state index in [1.807, 2.05) is 49.2 Å². The summed E-state index contributed by atoms with van der Waals surface area (Å²) < 4.78 is 5.31. The zero-order valence-electron chi connectivity index (χ0n) is 16.2. The van der Waals surface area contributed by atoms with E-state index in [-0.39, 0.29) is 35.5 Å². The Labute approximate surface area is 164 Å². The molecule has 0 spiro atoms. The number of rotatable bonds is 4. The maximum absolute atomic E-state index is 13.2. The highest BCUT2D eigenvalue weighted by molar-refractivity contribution is 5.95. The average Bonchev–Trinajstić information content (AvgIpc) is 3.37. The van der Waals surface area contributed by atoms with E-state index in [2.05, 4.69) is 22.3 Å². The van der Waals surface area contributed by atoms with Gasteiger partial charge in [0, 0.05) is 30.4 Å². The van der Waals surface area contributed by atoms with E-state index in [1.54, 1.807) is 6.20 Å². The van der Waals surface area contributed by atoms with Gasteiger partial charge in [-0.1, -0.05) is 31.2 Å². The van der Waals surface area contributed by atoms with Gasteiger partial charge in [-0.2, -0.15) is 5.10 Å². The van der Waals surface area contributed by atoms with E-state index < -0.39 is 0 Å². The number of aromatic amines is 1. The molecular formula is C22H25N3O3. The molecule has 0 unspecified atom stereocenters. The topological polar surface area (TPSA) is 75.3 Å². The van der Waals surface area contributed by atoms with Gasteiger partial charge in [-0.25, -0.2) is 0 Å². The number of esters is 1. The summed E-state index contributed by atoms with van der Waals surface area (Å²) in [6.07, 6.45) is 7.81. The standard InChI is InChI=1S/C22H25N3O3/c1-3-28-22(27)20-14(2)7-8-17-12-25(13-19(17)20)21(26)16-6-4-5-15(9-16)18-10-23-24-11-18/h4-11,14,17,19-20H,3,12-13H2,1-2H3,(H,23,24)/t14-,17-,19-,20-/m0/s1. The summed E-state index contributed by atoms with van der Waals surface area (Å²) >= 11 is 0. The highest BCUT2D eigenvalue weighted by Gasteiger charge is 2.46. The summed E-state index contributed by atoms with van der Waals surface area (Å²) in [5, 5.41) is 6.77. The Morgan fingerprint density at radius 3 is 2.86 bits per heavy atom. The zero-order chi connectivity index (χ0) is 19.7. The molecule has 2 aromatic rings. The molecule has 28 heavy (non-hydrogen) atoms. The predicted octanol–water partition coefficient (Wildman–Crippen LogP) is 3.15. The van der Waals surface area contributed by atoms with Crippen LogP contribution in [0.25, 0.3) is 11.1 Å². The molecule has 0 saturated carbocycles. The smallest absolute Gasteiger partial charge is 0.309 e. The Kier molecular flexibility index (Phi) is 5.03. The van der Waals surface area contributed by atoms with E-state index in [9.17, 15) is 9.59 Å². The van der Waals surface area contributed by atoms with Gasteiger partial charge in [0.15, 0.2) is 0 Å². The summed E-state index contributed by atoms with van der Waals surface area (Å²) in [4.78, 5) is 27.5. The van der Waals surface area contributed by atoms with E-state index in [4.69, 9.17) is 4.74 Å². The summed E-state index contributed by atoms with van der Waals surface area (Å²) in [5.41, 5.74) is 2.56. The predicted molar refractivity (Wildman–Crippen MR) is 105 cm³/mol. The number of aromatic nitrogens is 2. The van der Waals surface area contributed by atoms with Crippen molar-refractivity contribution in [2.75, 3.05) is 19.7 Å². The number of hydrogen-bond acceptors (Lipinski definition) is 4. The van der Waals surface area contributed by atoms with Crippen LogP contribution in [0.3, 0.4) is 0 Å². The van der Waals surface area contributed by atoms with E-state index in [0.29, 0.717) is 25.3 Å². The van der Waals surface area contributed by atoms with Crippen LogP contribution < -0.4 is 0 Å². The molecule has 1 aromatic heterocycles. The van der Waals surface area contributed by atoms with Crippen LogP contribution in [0.2, 0.25) is 0 Å². The van der Waals surface area contributed by atoms with Gasteiger partial charge < -0.3 is 9.64 Å². The number of fused-ring (bicyclic) bond motifs is 1. The third-order valence-electron chi connectivity index (χ3n) is 5.89. The van der Waals surface area contributed by atoms with Gasteiger partial charge >= 0.3 is 5.97 Å². The summed E-state index contributed by atoms with van der Waals surface area (Å²) in [7, 11) is 0. The largest absolute Gasteiger partial charge is 0.466 e. The zero-order valence-corrected chi connectivity index (χ0v) is 16.2. The molecule has 1 aromatic carbocycles. The molecule has 1 amide bonds. The molecule has 2 aliphatic rings. The summed E-state index contributed by atoms with van der Waals surface area (Å²) in [6.45, 7) is 5.48. The van der Waals surface area contributed by atoms with Crippen molar-refractivity contribution >= 4 is 11.9 Å². The van der Waals surface area contributed by atoms with Gasteiger partial charge in [0.2, 0.25) is 0 Å². The average molecular weight is 379 g/mol. The highest BCUT2D eigenvalue weighted by Crippen LogP contribution is 2.40. The highest BCUT2D eigenvalue weighted by atomic mass is 16.5. The fraction of sp³-hybridized carbons (Fsp3) is 0.409. The Hall–Kier alpha value is -2.89. The monoisotopic (exact) mass is 379 g/mol. The number of nitrogens with one attached hydrogen (secondary N) is 1. The van der Waals surface area contributed by atoms with Crippen molar-refractivity contribution in [2.45, 2.75) is 13.8 Å². The molecular weight excluding hydrogens is 354 g/mol. The molecule has 1 aliphatic heterocycles. The van der Waals surface area contributed by atoms with Gasteiger partial charge in [0.05, 0.1) is 18.7 Å². The molecule has 146 valence electrons. The maximum atomic E-state index is 13.2. The van der Waals surface area contributed by atoms with Crippen molar-refractivity contribution in [3.05, 3.63) is 54.4 Å². The van der Waals surface area contributed by atoms with E-state index >= 15 is 0 Å². The lowest BCUT2D eigenvalue weighted by molar-refractivity contribution is -0.152. The molecule has 4 atom stereocenters. The Morgan fingerprint density at radius 2 is 2.11 bits per heavy atom. The van der Waals surface area contributed by atoms with E-state index in [0.717, 1.165) is 11.1 Å². The molecule has 0 radical (unpaired) electrons. The molecule has 6 heteroatoms. The van der Waals surface area contributed by atoms with Gasteiger partial charge in [0.1, 0.15) is 0 Å². The minimum atomic E-state index is -0.190. The third-order valence-corrected chi connectivity index (χ3v) is 5.89. The minimum absolute atomic E-state index is 0.00315. The van der Waals surface area contributed by atoms with Crippen molar-refractivity contribution in [3.63, 3.8) is 0 Å². The minimum Gasteiger partial charge on any atom is -0.466 e. The van der Waals surface area contributed by atoms with Crippen LogP contribution in [0, 0.1) is 23.7 Å². The van der Waals surface area contributed by atoms with Crippen molar-refractivity contribution in [3.8, 4) is 11.1 Å². The summed E-state index contributed by atoms with van der Waals surface area (Å²) in [6, 6.07) is 7.60. The van der Waals surface area contributed by atoms with Crippen molar-refractivity contribution in [1.29, 1.82) is 0 Å². The molecule has 2 heterocycles. The number of carbonyl (C=O) groups excluding carboxylic acids is 2. The summed E-state index contributed by atoms with van der Waals surface area (Å²) in [5.74, 6) is 0.102. The van der Waals surface area contributed by atoms with Crippen molar-refractivity contribution in [1.82, 2.24) is 15.1 Å². The number of amides is 1. The number of carbonyl (C=O) groups is 2. The van der Waals surface area contributed by atoms with Gasteiger partial charge in [-0.15, -0.1) is 0 Å². The molecule has 0 bridgehead atoms. The first-order chi connectivity index (χ1) is 13.6. The third kappa shape index (κ3) is 3.35. The van der Waals surface area contributed by atoms with Crippen LogP contribution in [0.1, 0.15) is 24.2 Å². The number of ether oxygens (including phenoxy) is 1. The second-order valence-electron chi connectivity index (χ2n) is 7.63. The SMILES string of the molecule is CCOC(=O)[C@@H]1[C@H]2CN(C(=O)c3cccc(-c4cn[nH]c4)c3)C[C@@H]2C=C[C@@H]1C. The van der Waals surface area contributed by atoms with Crippen LogP contribution in [0.4, 0.5) is 0 Å². The molecule has 1 N–H and O–H groups in total. The number of likely N-dealkylation sites (tertiary alicyclic amines) is 1. The lowest BCUT2D eigenvalue weighted by atomic mass is 9.72. The number of hydrogen-bond donors (Lipinski definition) is 1. The Balaban J connectivity index is 1.54. The van der Waals surface area contributed by atoms with Crippen LogP contribution >= 0.6 is 0 Å². The molecule has 4 rings (SSSR count). The molecule has 1 aliphatic carbocycles. The van der Waals surface area contributed by atoms with Gasteiger partial charge in [-0.3, -0.25) is 14.7 Å². The lowest BCUT2D eigenvalue weighted by Crippen LogP contribution is -2.37. The fourth-order valence-electron chi connectivity index (χ4n) is 4.48. The first-order valence-corrected chi connectivity index (χ1v) is 9.82. The second kappa shape index (κ2) is 7.62. The van der Waals surface area contributed by atoms with Crippen LogP contribution in [-0.2, 0) is 9.53 Å². The first kappa shape index (κ1) is 18.5. The van der Waals surface area contributed by atoms with Crippen LogP contribution in [0.15, 0.2) is 48.8 Å². The number of nitrogens with zero attached hydrogens (tertiary/aromatic N) is 2. The quantitative estimate of drug-likeness (QED) is 0.654. The molecule has 1 saturated heterocycles. The van der Waals surface area contributed by atoms with E-state index in [1.165, 1.54) is 0 Å². The van der Waals surface area contributed by atoms with Crippen LogP contribution in [0.5, 0.6) is 0 Å². The van der Waals surface area contributed by atoms with Gasteiger partial charge in [-0.05, 0) is 42.4 Å². The lowest BCUT2D eigenvalue weighted by Gasteiger charge is -2.31.